The molecule has 0 radical (unpaired) electrons. The van der Waals surface area contributed by atoms with Crippen LogP contribution in [0.25, 0.3) is 10.9 Å². The van der Waals surface area contributed by atoms with E-state index in [1.165, 1.54) is 4.90 Å². The standard InChI is InChI=1S/C24H22ClN5O2/c1-30(2)24(31)32-23-17(12-11-15-7-6-14-28-21(15)23)22(29-19-10-3-4-13-27-19)16-8-5-9-18(26)20(16)25/h3-14,22H,26H2,1-2H3,(H,27,29). The van der Waals surface area contributed by atoms with Crippen LogP contribution in [-0.4, -0.2) is 35.1 Å². The maximum absolute atomic E-state index is 12.5. The number of nitrogen functional groups attached to an aromatic ring is 1. The molecule has 1 unspecified atom stereocenters. The maximum atomic E-state index is 12.5. The molecule has 1 atom stereocenters. The van der Waals surface area contributed by atoms with Crippen molar-refractivity contribution in [3.8, 4) is 5.75 Å². The Morgan fingerprint density at radius 3 is 2.56 bits per heavy atom. The molecule has 1 amide bonds. The number of pyridine rings is 2. The highest BCUT2D eigenvalue weighted by Gasteiger charge is 2.26. The molecule has 2 aromatic carbocycles. The summed E-state index contributed by atoms with van der Waals surface area (Å²) in [6.45, 7) is 0. The Hall–Kier alpha value is -3.84. The van der Waals surface area contributed by atoms with Gasteiger partial charge >= 0.3 is 6.09 Å². The van der Waals surface area contributed by atoms with E-state index < -0.39 is 12.1 Å². The summed E-state index contributed by atoms with van der Waals surface area (Å²) in [6.07, 6.45) is 2.84. The number of fused-ring (bicyclic) bond motifs is 1. The number of amides is 1. The first-order chi connectivity index (χ1) is 15.5. The van der Waals surface area contributed by atoms with Gasteiger partial charge in [-0.3, -0.25) is 4.98 Å². The molecule has 0 aliphatic carbocycles. The number of carbonyl (C=O) groups excluding carboxylic acids is 1. The van der Waals surface area contributed by atoms with Crippen molar-refractivity contribution in [1.82, 2.24) is 14.9 Å². The fourth-order valence-electron chi connectivity index (χ4n) is 3.36. The number of benzene rings is 2. The number of nitrogens with one attached hydrogen (secondary N) is 1. The fourth-order valence-corrected chi connectivity index (χ4v) is 3.59. The minimum Gasteiger partial charge on any atom is -0.407 e. The number of hydrogen-bond donors (Lipinski definition) is 2. The lowest BCUT2D eigenvalue weighted by Crippen LogP contribution is -2.26. The van der Waals surface area contributed by atoms with Gasteiger partial charge in [-0.1, -0.05) is 48.0 Å². The number of aromatic nitrogens is 2. The number of anilines is 2. The lowest BCUT2D eigenvalue weighted by molar-refractivity contribution is 0.172. The van der Waals surface area contributed by atoms with E-state index in [1.807, 2.05) is 54.6 Å². The smallest absolute Gasteiger partial charge is 0.407 e. The zero-order valence-electron chi connectivity index (χ0n) is 17.6. The van der Waals surface area contributed by atoms with Crippen molar-refractivity contribution in [3.05, 3.63) is 89.2 Å². The number of rotatable bonds is 5. The third-order valence-electron chi connectivity index (χ3n) is 4.95. The summed E-state index contributed by atoms with van der Waals surface area (Å²) in [5.74, 6) is 0.968. The van der Waals surface area contributed by atoms with E-state index in [0.717, 1.165) is 10.9 Å². The van der Waals surface area contributed by atoms with Gasteiger partial charge in [0.05, 0.1) is 16.8 Å². The quantitative estimate of drug-likeness (QED) is 0.412. The Morgan fingerprint density at radius 2 is 1.81 bits per heavy atom. The Balaban J connectivity index is 1.94. The normalized spacial score (nSPS) is 11.7. The maximum Gasteiger partial charge on any atom is 0.414 e. The SMILES string of the molecule is CN(C)C(=O)Oc1c(C(Nc2ccccn2)c2cccc(N)c2Cl)ccc2cccnc12. The van der Waals surface area contributed by atoms with Crippen molar-refractivity contribution < 1.29 is 9.53 Å². The first-order valence-electron chi connectivity index (χ1n) is 9.94. The molecule has 32 heavy (non-hydrogen) atoms. The minimum atomic E-state index is -0.516. The summed E-state index contributed by atoms with van der Waals surface area (Å²) in [6, 6.07) is 18.0. The molecule has 0 aliphatic heterocycles. The predicted octanol–water partition coefficient (Wildman–Crippen LogP) is 5.13. The molecule has 4 rings (SSSR count). The minimum absolute atomic E-state index is 0.341. The summed E-state index contributed by atoms with van der Waals surface area (Å²) in [5, 5.41) is 4.65. The van der Waals surface area contributed by atoms with Crippen molar-refractivity contribution >= 4 is 40.1 Å². The highest BCUT2D eigenvalue weighted by molar-refractivity contribution is 6.34. The van der Waals surface area contributed by atoms with E-state index in [0.29, 0.717) is 33.4 Å². The Kier molecular flexibility index (Phi) is 6.09. The average molecular weight is 448 g/mol. The van der Waals surface area contributed by atoms with Gasteiger partial charge in [-0.25, -0.2) is 9.78 Å². The number of ether oxygens (including phenoxy) is 1. The molecule has 4 aromatic rings. The molecular weight excluding hydrogens is 426 g/mol. The summed E-state index contributed by atoms with van der Waals surface area (Å²) in [5.41, 5.74) is 8.50. The van der Waals surface area contributed by atoms with Gasteiger partial charge in [0.25, 0.3) is 0 Å². The molecule has 0 spiro atoms. The molecule has 8 heteroatoms. The third kappa shape index (κ3) is 4.29. The van der Waals surface area contributed by atoms with Gasteiger partial charge in [0, 0.05) is 37.4 Å². The lowest BCUT2D eigenvalue weighted by atomic mass is 9.95. The third-order valence-corrected chi connectivity index (χ3v) is 5.39. The lowest BCUT2D eigenvalue weighted by Gasteiger charge is -2.25. The second-order valence-corrected chi connectivity index (χ2v) is 7.74. The molecule has 0 saturated heterocycles. The Morgan fingerprint density at radius 1 is 1.00 bits per heavy atom. The zero-order valence-corrected chi connectivity index (χ0v) is 18.4. The Bertz CT molecular complexity index is 1260. The number of hydrogen-bond acceptors (Lipinski definition) is 6. The molecule has 3 N–H and O–H groups in total. The number of halogens is 1. The largest absolute Gasteiger partial charge is 0.414 e. The summed E-state index contributed by atoms with van der Waals surface area (Å²) >= 11 is 6.61. The van der Waals surface area contributed by atoms with Crippen LogP contribution in [0.1, 0.15) is 17.2 Å². The second kappa shape index (κ2) is 9.11. The highest BCUT2D eigenvalue weighted by Crippen LogP contribution is 2.40. The molecule has 2 heterocycles. The molecule has 0 aliphatic rings. The van der Waals surface area contributed by atoms with Crippen molar-refractivity contribution in [3.63, 3.8) is 0 Å². The van der Waals surface area contributed by atoms with E-state index in [4.69, 9.17) is 22.1 Å². The van der Waals surface area contributed by atoms with Gasteiger partial charge in [0.2, 0.25) is 0 Å². The van der Waals surface area contributed by atoms with Gasteiger partial charge in [0.1, 0.15) is 11.3 Å². The van der Waals surface area contributed by atoms with Crippen LogP contribution in [0.5, 0.6) is 5.75 Å². The van der Waals surface area contributed by atoms with Crippen LogP contribution < -0.4 is 15.8 Å². The zero-order chi connectivity index (χ0) is 22.7. The second-order valence-electron chi connectivity index (χ2n) is 7.36. The van der Waals surface area contributed by atoms with Crippen LogP contribution in [0.4, 0.5) is 16.3 Å². The van der Waals surface area contributed by atoms with Crippen molar-refractivity contribution in [2.75, 3.05) is 25.1 Å². The van der Waals surface area contributed by atoms with Gasteiger partial charge < -0.3 is 20.7 Å². The van der Waals surface area contributed by atoms with E-state index in [2.05, 4.69) is 15.3 Å². The van der Waals surface area contributed by atoms with Crippen LogP contribution in [-0.2, 0) is 0 Å². The van der Waals surface area contributed by atoms with Crippen molar-refractivity contribution in [2.24, 2.45) is 0 Å². The van der Waals surface area contributed by atoms with E-state index >= 15 is 0 Å². The van der Waals surface area contributed by atoms with Crippen LogP contribution in [0, 0.1) is 0 Å². The van der Waals surface area contributed by atoms with Crippen LogP contribution in [0.2, 0.25) is 5.02 Å². The molecule has 0 bridgehead atoms. The Labute approximate surface area is 190 Å². The first-order valence-corrected chi connectivity index (χ1v) is 10.3. The molecular formula is C24H22ClN5O2. The molecule has 2 aromatic heterocycles. The van der Waals surface area contributed by atoms with Crippen molar-refractivity contribution in [2.45, 2.75) is 6.04 Å². The monoisotopic (exact) mass is 447 g/mol. The van der Waals surface area contributed by atoms with Crippen LogP contribution >= 0.6 is 11.6 Å². The van der Waals surface area contributed by atoms with Gasteiger partial charge in [0.15, 0.2) is 5.75 Å². The van der Waals surface area contributed by atoms with E-state index in [-0.39, 0.29) is 0 Å². The van der Waals surface area contributed by atoms with Crippen LogP contribution in [0.3, 0.4) is 0 Å². The van der Waals surface area contributed by atoms with Gasteiger partial charge in [-0.15, -0.1) is 0 Å². The van der Waals surface area contributed by atoms with E-state index in [9.17, 15) is 4.79 Å². The molecule has 7 nitrogen and oxygen atoms in total. The van der Waals surface area contributed by atoms with Crippen LogP contribution in [0.15, 0.2) is 73.1 Å². The summed E-state index contributed by atoms with van der Waals surface area (Å²) < 4.78 is 5.82. The van der Waals surface area contributed by atoms with Gasteiger partial charge in [-0.2, -0.15) is 0 Å². The van der Waals surface area contributed by atoms with Gasteiger partial charge in [-0.05, 0) is 29.8 Å². The fraction of sp³-hybridized carbons (Fsp3) is 0.125. The number of carbonyl (C=O) groups is 1. The first kappa shape index (κ1) is 21.4. The summed E-state index contributed by atoms with van der Waals surface area (Å²) in [7, 11) is 3.25. The summed E-state index contributed by atoms with van der Waals surface area (Å²) in [4.78, 5) is 22.8. The average Bonchev–Trinajstić information content (AvgIpc) is 2.80. The predicted molar refractivity (Wildman–Crippen MR) is 127 cm³/mol. The van der Waals surface area contributed by atoms with E-state index in [1.54, 1.807) is 32.6 Å². The molecule has 0 fully saturated rings. The van der Waals surface area contributed by atoms with Crippen molar-refractivity contribution in [1.29, 1.82) is 0 Å². The topological polar surface area (TPSA) is 93.4 Å². The molecule has 0 saturated carbocycles. The molecule has 162 valence electrons. The number of nitrogens with zero attached hydrogens (tertiary/aromatic N) is 3. The number of nitrogens with two attached hydrogens (primary N) is 1. The highest BCUT2D eigenvalue weighted by atomic mass is 35.5.